The predicted octanol–water partition coefficient (Wildman–Crippen LogP) is 7.23. The van der Waals surface area contributed by atoms with E-state index in [-0.39, 0.29) is 0 Å². The lowest BCUT2D eigenvalue weighted by Crippen LogP contribution is -1.81. The van der Waals surface area contributed by atoms with Gasteiger partial charge < -0.3 is 0 Å². The molecule has 0 aromatic carbocycles. The highest BCUT2D eigenvalue weighted by molar-refractivity contribution is 14.1. The molecule has 0 N–H and O–H groups in total. The van der Waals surface area contributed by atoms with Crippen molar-refractivity contribution in [3.8, 4) is 0 Å². The van der Waals surface area contributed by atoms with Crippen molar-refractivity contribution in [3.63, 3.8) is 0 Å². The van der Waals surface area contributed by atoms with Crippen molar-refractivity contribution in [1.82, 2.24) is 0 Å². The van der Waals surface area contributed by atoms with Gasteiger partial charge in [-0.1, -0.05) is 105 Å². The third-order valence-corrected chi connectivity index (χ3v) is 4.12. The maximum Gasteiger partial charge on any atom is -0.000473 e. The molecule has 0 nitrogen and oxygen atoms in total. The fourth-order valence-electron chi connectivity index (χ4n) is 2.09. The van der Waals surface area contributed by atoms with Gasteiger partial charge in [0.1, 0.15) is 0 Å². The second kappa shape index (κ2) is 18.2. The van der Waals surface area contributed by atoms with Gasteiger partial charge in [0, 0.05) is 0 Å². The Kier molecular flexibility index (Phi) is 18.4. The number of rotatable bonds is 14. The van der Waals surface area contributed by atoms with E-state index in [1.165, 1.54) is 81.5 Å². The number of alkyl halides is 1. The van der Waals surface area contributed by atoms with Crippen molar-refractivity contribution < 1.29 is 0 Å². The van der Waals surface area contributed by atoms with Crippen LogP contribution >= 0.6 is 22.6 Å². The van der Waals surface area contributed by atoms with E-state index in [2.05, 4.69) is 53.8 Å². The van der Waals surface area contributed by atoms with Gasteiger partial charge >= 0.3 is 0 Å². The molecule has 0 aromatic heterocycles. The Balaban J connectivity index is 3.09. The summed E-state index contributed by atoms with van der Waals surface area (Å²) in [5.74, 6) is 0. The summed E-state index contributed by atoms with van der Waals surface area (Å²) in [7, 11) is 0. The SMILES string of the molecule is CCCC/C=C\C=C\CCCCCCCCCCI. The Morgan fingerprint density at radius 1 is 0.632 bits per heavy atom. The van der Waals surface area contributed by atoms with Crippen LogP contribution in [0.1, 0.15) is 84.0 Å². The molecule has 0 radical (unpaired) electrons. The normalized spacial score (nSPS) is 11.9. The number of hydrogen-bond donors (Lipinski definition) is 0. The molecule has 0 saturated carbocycles. The molecule has 19 heavy (non-hydrogen) atoms. The quantitative estimate of drug-likeness (QED) is 0.130. The Morgan fingerprint density at radius 3 is 1.63 bits per heavy atom. The molecule has 0 fully saturated rings. The van der Waals surface area contributed by atoms with Gasteiger partial charge in [-0.05, 0) is 30.1 Å². The monoisotopic (exact) mass is 376 g/mol. The molecule has 0 bridgehead atoms. The third-order valence-electron chi connectivity index (χ3n) is 3.36. The van der Waals surface area contributed by atoms with Gasteiger partial charge in [-0.25, -0.2) is 0 Å². The number of unbranched alkanes of at least 4 members (excludes halogenated alkanes) is 10. The second-order valence-electron chi connectivity index (χ2n) is 5.30. The topological polar surface area (TPSA) is 0 Å². The van der Waals surface area contributed by atoms with E-state index < -0.39 is 0 Å². The van der Waals surface area contributed by atoms with Gasteiger partial charge in [-0.15, -0.1) is 0 Å². The lowest BCUT2D eigenvalue weighted by Gasteiger charge is -2.00. The zero-order chi connectivity index (χ0) is 14.0. The van der Waals surface area contributed by atoms with Crippen molar-refractivity contribution >= 4 is 22.6 Å². The molecule has 0 atom stereocenters. The van der Waals surface area contributed by atoms with Gasteiger partial charge in [0.2, 0.25) is 0 Å². The van der Waals surface area contributed by atoms with Crippen LogP contribution in [0.5, 0.6) is 0 Å². The highest BCUT2D eigenvalue weighted by atomic mass is 127. The van der Waals surface area contributed by atoms with E-state index in [1.807, 2.05) is 0 Å². The van der Waals surface area contributed by atoms with Crippen LogP contribution in [-0.2, 0) is 0 Å². The van der Waals surface area contributed by atoms with Crippen molar-refractivity contribution in [2.45, 2.75) is 84.0 Å². The molecular formula is C18H33I. The van der Waals surface area contributed by atoms with Crippen molar-refractivity contribution in [2.24, 2.45) is 0 Å². The third kappa shape index (κ3) is 18.2. The van der Waals surface area contributed by atoms with Gasteiger partial charge in [-0.2, -0.15) is 0 Å². The first-order valence-corrected chi connectivity index (χ1v) is 9.82. The number of hydrogen-bond acceptors (Lipinski definition) is 0. The average molecular weight is 376 g/mol. The van der Waals surface area contributed by atoms with Crippen LogP contribution in [0.3, 0.4) is 0 Å². The minimum Gasteiger partial charge on any atom is -0.0864 e. The molecule has 0 aliphatic rings. The Morgan fingerprint density at radius 2 is 1.11 bits per heavy atom. The number of halogens is 1. The van der Waals surface area contributed by atoms with E-state index >= 15 is 0 Å². The van der Waals surface area contributed by atoms with E-state index in [0.717, 1.165) is 0 Å². The minimum absolute atomic E-state index is 1.23. The van der Waals surface area contributed by atoms with Gasteiger partial charge in [0.05, 0.1) is 0 Å². The molecule has 1 heteroatoms. The van der Waals surface area contributed by atoms with Crippen LogP contribution in [0, 0.1) is 0 Å². The first-order chi connectivity index (χ1) is 9.41. The largest absolute Gasteiger partial charge is 0.0864 e. The second-order valence-corrected chi connectivity index (χ2v) is 6.38. The van der Waals surface area contributed by atoms with E-state index in [4.69, 9.17) is 0 Å². The van der Waals surface area contributed by atoms with Crippen LogP contribution in [0.15, 0.2) is 24.3 Å². The van der Waals surface area contributed by atoms with Crippen LogP contribution in [-0.4, -0.2) is 4.43 Å². The number of allylic oxidation sites excluding steroid dienone is 4. The molecule has 0 aliphatic heterocycles. The zero-order valence-corrected chi connectivity index (χ0v) is 15.0. The molecule has 0 spiro atoms. The molecule has 0 unspecified atom stereocenters. The highest BCUT2D eigenvalue weighted by Gasteiger charge is 1.91. The average Bonchev–Trinajstić information content (AvgIpc) is 2.43. The first-order valence-electron chi connectivity index (χ1n) is 8.29. The maximum atomic E-state index is 2.48. The van der Waals surface area contributed by atoms with Gasteiger partial charge in [-0.3, -0.25) is 0 Å². The molecule has 0 rings (SSSR count). The van der Waals surface area contributed by atoms with Crippen LogP contribution in [0.25, 0.3) is 0 Å². The summed E-state index contributed by atoms with van der Waals surface area (Å²) in [5.41, 5.74) is 0. The van der Waals surface area contributed by atoms with Crippen LogP contribution < -0.4 is 0 Å². The molecule has 0 saturated heterocycles. The Bertz CT molecular complexity index is 206. The standard InChI is InChI=1S/C18H33I/c1-2-3-4-5-6-7-8-9-10-11-12-13-14-15-16-17-18-19/h5-8H,2-4,9-18H2,1H3/b6-5-,8-7+. The van der Waals surface area contributed by atoms with E-state index in [1.54, 1.807) is 0 Å². The van der Waals surface area contributed by atoms with Gasteiger partial charge in [0.25, 0.3) is 0 Å². The zero-order valence-electron chi connectivity index (χ0n) is 12.9. The molecule has 0 amide bonds. The maximum absolute atomic E-state index is 2.48. The summed E-state index contributed by atoms with van der Waals surface area (Å²) in [4.78, 5) is 0. The van der Waals surface area contributed by atoms with Crippen LogP contribution in [0.2, 0.25) is 0 Å². The Hall–Kier alpha value is 0.210. The molecule has 112 valence electrons. The summed E-state index contributed by atoms with van der Waals surface area (Å²) in [6.45, 7) is 2.24. The van der Waals surface area contributed by atoms with Crippen molar-refractivity contribution in [3.05, 3.63) is 24.3 Å². The molecular weight excluding hydrogens is 343 g/mol. The predicted molar refractivity (Wildman–Crippen MR) is 98.2 cm³/mol. The summed E-state index contributed by atoms with van der Waals surface area (Å²) in [6, 6.07) is 0. The summed E-state index contributed by atoms with van der Waals surface area (Å²) in [5, 5.41) is 0. The fourth-order valence-corrected chi connectivity index (χ4v) is 2.63. The summed E-state index contributed by atoms with van der Waals surface area (Å²) < 4.78 is 1.33. The molecule has 0 aliphatic carbocycles. The van der Waals surface area contributed by atoms with Gasteiger partial charge in [0.15, 0.2) is 0 Å². The lowest BCUT2D eigenvalue weighted by molar-refractivity contribution is 0.579. The highest BCUT2D eigenvalue weighted by Crippen LogP contribution is 2.10. The van der Waals surface area contributed by atoms with E-state index in [9.17, 15) is 0 Å². The smallest absolute Gasteiger partial charge is 0.000473 e. The van der Waals surface area contributed by atoms with Crippen molar-refractivity contribution in [1.29, 1.82) is 0 Å². The fraction of sp³-hybridized carbons (Fsp3) is 0.778. The Labute approximate surface area is 135 Å². The first kappa shape index (κ1) is 19.2. The van der Waals surface area contributed by atoms with Crippen molar-refractivity contribution in [2.75, 3.05) is 4.43 Å². The lowest BCUT2D eigenvalue weighted by atomic mass is 10.1. The minimum atomic E-state index is 1.23. The van der Waals surface area contributed by atoms with E-state index in [0.29, 0.717) is 0 Å². The summed E-state index contributed by atoms with van der Waals surface area (Å²) >= 11 is 2.48. The molecule has 0 heterocycles. The summed E-state index contributed by atoms with van der Waals surface area (Å²) in [6.07, 6.45) is 25.6. The molecule has 0 aromatic rings. The van der Waals surface area contributed by atoms with Crippen LogP contribution in [0.4, 0.5) is 0 Å².